The van der Waals surface area contributed by atoms with Crippen molar-refractivity contribution in [3.05, 3.63) is 18.2 Å². The fraction of sp³-hybridized carbons (Fsp3) is 0.533. The minimum atomic E-state index is -0.569. The molecule has 1 aliphatic rings. The highest BCUT2D eigenvalue weighted by Crippen LogP contribution is 2.26. The molecule has 6 nitrogen and oxygen atoms in total. The number of methoxy groups -OCH3 is 1. The van der Waals surface area contributed by atoms with Gasteiger partial charge < -0.3 is 25.3 Å². The van der Waals surface area contributed by atoms with Gasteiger partial charge in [0.1, 0.15) is 11.9 Å². The molecule has 3 N–H and O–H groups in total. The second-order valence-corrected chi connectivity index (χ2v) is 5.06. The van der Waals surface area contributed by atoms with Crippen LogP contribution in [0.5, 0.6) is 5.75 Å². The van der Waals surface area contributed by atoms with Crippen LogP contribution >= 0.6 is 0 Å². The van der Waals surface area contributed by atoms with Crippen LogP contribution in [0, 0.1) is 0 Å². The molecular weight excluding hydrogens is 272 g/mol. The van der Waals surface area contributed by atoms with E-state index in [0.717, 1.165) is 19.4 Å². The molecule has 1 saturated heterocycles. The summed E-state index contributed by atoms with van der Waals surface area (Å²) in [4.78, 5) is 12.1. The van der Waals surface area contributed by atoms with Gasteiger partial charge in [0.15, 0.2) is 0 Å². The molecule has 0 spiro atoms. The number of carbonyl (C=O) groups excluding carboxylic acids is 1. The van der Waals surface area contributed by atoms with E-state index in [-0.39, 0.29) is 12.0 Å². The summed E-state index contributed by atoms with van der Waals surface area (Å²) in [5, 5.41) is 2.77. The number of hydrogen-bond acceptors (Lipinski definition) is 5. The molecule has 0 radical (unpaired) electrons. The lowest BCUT2D eigenvalue weighted by Gasteiger charge is -2.17. The number of benzene rings is 1. The molecule has 0 saturated carbocycles. The van der Waals surface area contributed by atoms with Crippen LogP contribution in [-0.4, -0.2) is 38.4 Å². The normalized spacial score (nSPS) is 19.2. The largest absolute Gasteiger partial charge is 0.495 e. The van der Waals surface area contributed by atoms with Crippen molar-refractivity contribution in [1.82, 2.24) is 0 Å². The van der Waals surface area contributed by atoms with E-state index in [0.29, 0.717) is 23.7 Å². The minimum Gasteiger partial charge on any atom is -0.495 e. The number of carbonyl (C=O) groups is 1. The van der Waals surface area contributed by atoms with Crippen molar-refractivity contribution < 1.29 is 19.0 Å². The summed E-state index contributed by atoms with van der Waals surface area (Å²) in [6, 6.07) is 5.08. The molecule has 2 rings (SSSR count). The SMILES string of the molecule is COc1ccc(N)cc1NC(=O)C(C)OCC1CCCO1. The van der Waals surface area contributed by atoms with Gasteiger partial charge in [0.05, 0.1) is 25.5 Å². The first-order valence-electron chi connectivity index (χ1n) is 7.07. The van der Waals surface area contributed by atoms with Crippen LogP contribution in [0.25, 0.3) is 0 Å². The molecule has 2 unspecified atom stereocenters. The summed E-state index contributed by atoms with van der Waals surface area (Å²) in [6.45, 7) is 2.92. The number of ether oxygens (including phenoxy) is 3. The molecule has 1 amide bonds. The van der Waals surface area contributed by atoms with Crippen LogP contribution in [0.4, 0.5) is 11.4 Å². The molecular formula is C15H22N2O4. The molecule has 0 bridgehead atoms. The Hall–Kier alpha value is -1.79. The third kappa shape index (κ3) is 4.34. The Bertz CT molecular complexity index is 487. The summed E-state index contributed by atoms with van der Waals surface area (Å²) < 4.78 is 16.2. The van der Waals surface area contributed by atoms with Crippen LogP contribution < -0.4 is 15.8 Å². The summed E-state index contributed by atoms with van der Waals surface area (Å²) >= 11 is 0. The van der Waals surface area contributed by atoms with Crippen LogP contribution in [0.1, 0.15) is 19.8 Å². The molecule has 6 heteroatoms. The maximum Gasteiger partial charge on any atom is 0.253 e. The van der Waals surface area contributed by atoms with E-state index in [9.17, 15) is 4.79 Å². The van der Waals surface area contributed by atoms with E-state index in [1.807, 2.05) is 0 Å². The van der Waals surface area contributed by atoms with Gasteiger partial charge in [-0.15, -0.1) is 0 Å². The Balaban J connectivity index is 1.89. The fourth-order valence-corrected chi connectivity index (χ4v) is 2.16. The van der Waals surface area contributed by atoms with Gasteiger partial charge in [-0.1, -0.05) is 0 Å². The van der Waals surface area contributed by atoms with Gasteiger partial charge >= 0.3 is 0 Å². The quantitative estimate of drug-likeness (QED) is 0.782. The summed E-state index contributed by atoms with van der Waals surface area (Å²) in [5.41, 5.74) is 6.81. The standard InChI is InChI=1S/C15H22N2O4/c1-10(21-9-12-4-3-7-20-12)15(18)17-13-8-11(16)5-6-14(13)19-2/h5-6,8,10,12H,3-4,7,9,16H2,1-2H3,(H,17,18). The van der Waals surface area contributed by atoms with Gasteiger partial charge in [-0.05, 0) is 38.0 Å². The van der Waals surface area contributed by atoms with Gasteiger partial charge in [-0.25, -0.2) is 0 Å². The Morgan fingerprint density at radius 1 is 1.57 bits per heavy atom. The van der Waals surface area contributed by atoms with Crippen LogP contribution in [0.2, 0.25) is 0 Å². The molecule has 1 heterocycles. The van der Waals surface area contributed by atoms with Crippen molar-refractivity contribution in [2.45, 2.75) is 32.0 Å². The van der Waals surface area contributed by atoms with Crippen molar-refractivity contribution in [3.8, 4) is 5.75 Å². The smallest absolute Gasteiger partial charge is 0.253 e. The molecule has 116 valence electrons. The van der Waals surface area contributed by atoms with E-state index in [4.69, 9.17) is 19.9 Å². The third-order valence-corrected chi connectivity index (χ3v) is 3.41. The first-order valence-corrected chi connectivity index (χ1v) is 7.07. The maximum absolute atomic E-state index is 12.1. The fourth-order valence-electron chi connectivity index (χ4n) is 2.16. The third-order valence-electron chi connectivity index (χ3n) is 3.41. The van der Waals surface area contributed by atoms with Crippen LogP contribution in [0.3, 0.4) is 0 Å². The molecule has 1 aromatic rings. The minimum absolute atomic E-state index is 0.0992. The highest BCUT2D eigenvalue weighted by Gasteiger charge is 2.20. The highest BCUT2D eigenvalue weighted by atomic mass is 16.5. The van der Waals surface area contributed by atoms with E-state index in [2.05, 4.69) is 5.32 Å². The number of nitrogens with one attached hydrogen (secondary N) is 1. The molecule has 2 atom stereocenters. The van der Waals surface area contributed by atoms with Gasteiger partial charge in [0.2, 0.25) is 0 Å². The van der Waals surface area contributed by atoms with Crippen molar-refractivity contribution in [1.29, 1.82) is 0 Å². The Morgan fingerprint density at radius 2 is 2.38 bits per heavy atom. The number of rotatable bonds is 6. The zero-order valence-electron chi connectivity index (χ0n) is 12.4. The Morgan fingerprint density at radius 3 is 3.05 bits per heavy atom. The maximum atomic E-state index is 12.1. The van der Waals surface area contributed by atoms with E-state index in [1.54, 1.807) is 32.2 Å². The Kier molecular flexibility index (Phi) is 5.41. The first-order chi connectivity index (χ1) is 10.1. The van der Waals surface area contributed by atoms with Crippen LogP contribution in [0.15, 0.2) is 18.2 Å². The number of nitrogens with two attached hydrogens (primary N) is 1. The lowest BCUT2D eigenvalue weighted by molar-refractivity contribution is -0.128. The molecule has 21 heavy (non-hydrogen) atoms. The second-order valence-electron chi connectivity index (χ2n) is 5.06. The summed E-state index contributed by atoms with van der Waals surface area (Å²) in [5.74, 6) is 0.320. The van der Waals surface area contributed by atoms with E-state index in [1.165, 1.54) is 0 Å². The molecule has 1 fully saturated rings. The number of hydrogen-bond donors (Lipinski definition) is 2. The van der Waals surface area contributed by atoms with Crippen molar-refractivity contribution in [2.75, 3.05) is 31.4 Å². The Labute approximate surface area is 124 Å². The lowest BCUT2D eigenvalue weighted by Crippen LogP contribution is -2.30. The average molecular weight is 294 g/mol. The number of anilines is 2. The van der Waals surface area contributed by atoms with Crippen molar-refractivity contribution in [2.24, 2.45) is 0 Å². The number of amides is 1. The van der Waals surface area contributed by atoms with Crippen LogP contribution in [-0.2, 0) is 14.3 Å². The zero-order valence-corrected chi connectivity index (χ0v) is 12.4. The molecule has 0 aromatic heterocycles. The molecule has 1 aromatic carbocycles. The monoisotopic (exact) mass is 294 g/mol. The van der Waals surface area contributed by atoms with Gasteiger partial charge in [-0.2, -0.15) is 0 Å². The second kappa shape index (κ2) is 7.28. The number of nitrogen functional groups attached to an aromatic ring is 1. The van der Waals surface area contributed by atoms with Crippen molar-refractivity contribution >= 4 is 17.3 Å². The zero-order chi connectivity index (χ0) is 15.2. The summed E-state index contributed by atoms with van der Waals surface area (Å²) in [7, 11) is 1.54. The van der Waals surface area contributed by atoms with E-state index < -0.39 is 6.10 Å². The first kappa shape index (κ1) is 15.6. The van der Waals surface area contributed by atoms with Gasteiger partial charge in [0.25, 0.3) is 5.91 Å². The summed E-state index contributed by atoms with van der Waals surface area (Å²) in [6.07, 6.45) is 1.56. The van der Waals surface area contributed by atoms with Gasteiger partial charge in [-0.3, -0.25) is 4.79 Å². The predicted octanol–water partition coefficient (Wildman–Crippen LogP) is 1.80. The lowest BCUT2D eigenvalue weighted by atomic mass is 10.2. The average Bonchev–Trinajstić information content (AvgIpc) is 2.98. The topological polar surface area (TPSA) is 82.8 Å². The van der Waals surface area contributed by atoms with Gasteiger partial charge in [0, 0.05) is 12.3 Å². The van der Waals surface area contributed by atoms with Crippen molar-refractivity contribution in [3.63, 3.8) is 0 Å². The highest BCUT2D eigenvalue weighted by molar-refractivity contribution is 5.95. The molecule has 0 aliphatic carbocycles. The molecule has 1 aliphatic heterocycles. The predicted molar refractivity (Wildman–Crippen MR) is 80.4 cm³/mol. The van der Waals surface area contributed by atoms with E-state index >= 15 is 0 Å².